The van der Waals surface area contributed by atoms with Gasteiger partial charge >= 0.3 is 5.97 Å². The monoisotopic (exact) mass is 282 g/mol. The van der Waals surface area contributed by atoms with Crippen LogP contribution in [0.3, 0.4) is 0 Å². The predicted octanol–water partition coefficient (Wildman–Crippen LogP) is 0.954. The van der Waals surface area contributed by atoms with Gasteiger partial charge in [-0.15, -0.1) is 0 Å². The van der Waals surface area contributed by atoms with Gasteiger partial charge in [0, 0.05) is 18.0 Å². The van der Waals surface area contributed by atoms with E-state index < -0.39 is 15.8 Å². The molecule has 6 nitrogen and oxygen atoms in total. The van der Waals surface area contributed by atoms with Crippen LogP contribution in [0.1, 0.15) is 53.0 Å². The lowest BCUT2D eigenvalue weighted by atomic mass is 10.1. The van der Waals surface area contributed by atoms with Crippen molar-refractivity contribution in [1.82, 2.24) is 9.97 Å². The molecular formula is C12H14N2O4S. The number of nitrogens with zero attached hydrogens (tertiary/aromatic N) is 2. The van der Waals surface area contributed by atoms with Crippen LogP contribution in [0.25, 0.3) is 0 Å². The van der Waals surface area contributed by atoms with Crippen LogP contribution in [-0.4, -0.2) is 41.0 Å². The summed E-state index contributed by atoms with van der Waals surface area (Å²) in [5.74, 6) is -0.291. The zero-order valence-electron chi connectivity index (χ0n) is 10.2. The molecule has 7 heteroatoms. The molecule has 2 fully saturated rings. The molecule has 0 spiro atoms. The van der Waals surface area contributed by atoms with Crippen LogP contribution in [0.4, 0.5) is 0 Å². The summed E-state index contributed by atoms with van der Waals surface area (Å²) >= 11 is 0. The number of aromatic nitrogens is 2. The Morgan fingerprint density at radius 1 is 1.26 bits per heavy atom. The highest BCUT2D eigenvalue weighted by molar-refractivity contribution is 7.91. The number of hydrogen-bond donors (Lipinski definition) is 1. The Bertz CT molecular complexity index is 637. The number of carboxylic acid groups (broad SMARTS) is 1. The van der Waals surface area contributed by atoms with Gasteiger partial charge in [-0.1, -0.05) is 0 Å². The van der Waals surface area contributed by atoms with Gasteiger partial charge in [-0.2, -0.15) is 0 Å². The average Bonchev–Trinajstić information content (AvgIpc) is 3.13. The molecule has 0 bridgehead atoms. The predicted molar refractivity (Wildman–Crippen MR) is 67.0 cm³/mol. The molecule has 1 aromatic rings. The molecule has 1 N–H and O–H groups in total. The quantitative estimate of drug-likeness (QED) is 0.886. The first-order valence-corrected chi connectivity index (χ1v) is 8.09. The maximum Gasteiger partial charge on any atom is 0.339 e. The van der Waals surface area contributed by atoms with Gasteiger partial charge in [-0.05, 0) is 19.3 Å². The van der Waals surface area contributed by atoms with Crippen LogP contribution in [0.2, 0.25) is 0 Å². The van der Waals surface area contributed by atoms with Gasteiger partial charge in [0.2, 0.25) is 0 Å². The lowest BCUT2D eigenvalue weighted by Crippen LogP contribution is -2.12. The van der Waals surface area contributed by atoms with E-state index in [9.17, 15) is 13.2 Å². The first-order valence-electron chi connectivity index (χ1n) is 6.27. The number of carboxylic acids is 1. The van der Waals surface area contributed by atoms with E-state index in [0.29, 0.717) is 17.9 Å². The minimum Gasteiger partial charge on any atom is -0.478 e. The first kappa shape index (κ1) is 12.5. The molecule has 1 unspecified atom stereocenters. The maximum absolute atomic E-state index is 11.5. The summed E-state index contributed by atoms with van der Waals surface area (Å²) in [6.07, 6.45) is 3.74. The third-order valence-electron chi connectivity index (χ3n) is 3.63. The van der Waals surface area contributed by atoms with Crippen LogP contribution in [-0.2, 0) is 9.84 Å². The summed E-state index contributed by atoms with van der Waals surface area (Å²) in [5, 5.41) is 9.11. The van der Waals surface area contributed by atoms with Crippen LogP contribution in [0.15, 0.2) is 6.20 Å². The second-order valence-corrected chi connectivity index (χ2v) is 7.44. The van der Waals surface area contributed by atoms with Crippen molar-refractivity contribution in [3.05, 3.63) is 23.3 Å². The second-order valence-electron chi connectivity index (χ2n) is 5.21. The molecule has 102 valence electrons. The molecule has 1 aliphatic heterocycles. The third-order valence-corrected chi connectivity index (χ3v) is 5.40. The van der Waals surface area contributed by atoms with Gasteiger partial charge in [0.15, 0.2) is 9.84 Å². The normalized spacial score (nSPS) is 25.4. The third kappa shape index (κ3) is 2.47. The minimum atomic E-state index is -2.98. The van der Waals surface area contributed by atoms with Gasteiger partial charge in [0.25, 0.3) is 0 Å². The van der Waals surface area contributed by atoms with Gasteiger partial charge in [0.05, 0.1) is 22.8 Å². The molecule has 19 heavy (non-hydrogen) atoms. The molecule has 1 saturated heterocycles. The van der Waals surface area contributed by atoms with E-state index in [1.807, 2.05) is 0 Å². The highest BCUT2D eigenvalue weighted by atomic mass is 32.2. The fraction of sp³-hybridized carbons (Fsp3) is 0.583. The number of sulfone groups is 1. The molecule has 1 aliphatic carbocycles. The number of rotatable bonds is 3. The Labute approximate surface area is 110 Å². The van der Waals surface area contributed by atoms with E-state index in [-0.39, 0.29) is 28.9 Å². The summed E-state index contributed by atoms with van der Waals surface area (Å²) in [6, 6.07) is 0. The standard InChI is InChI=1S/C12H14N2O4S/c15-12(16)9-5-13-11(14-10(9)7-1-2-7)8-3-4-19(17,18)6-8/h5,7-8H,1-4,6H2,(H,15,16). The van der Waals surface area contributed by atoms with Crippen molar-refractivity contribution in [2.24, 2.45) is 0 Å². The molecular weight excluding hydrogens is 268 g/mol. The Kier molecular flexibility index (Phi) is 2.81. The largest absolute Gasteiger partial charge is 0.478 e. The van der Waals surface area contributed by atoms with E-state index in [1.165, 1.54) is 6.20 Å². The molecule has 2 heterocycles. The minimum absolute atomic E-state index is 0.0729. The van der Waals surface area contributed by atoms with Gasteiger partial charge in [-0.25, -0.2) is 23.2 Å². The van der Waals surface area contributed by atoms with E-state index in [0.717, 1.165) is 12.8 Å². The highest BCUT2D eigenvalue weighted by Gasteiger charge is 2.34. The van der Waals surface area contributed by atoms with Crippen molar-refractivity contribution in [1.29, 1.82) is 0 Å². The Balaban J connectivity index is 1.95. The molecule has 0 amide bonds. The van der Waals surface area contributed by atoms with Crippen molar-refractivity contribution in [2.45, 2.75) is 31.1 Å². The number of carbonyl (C=O) groups is 1. The second kappa shape index (κ2) is 4.26. The summed E-state index contributed by atoms with van der Waals surface area (Å²) in [6.45, 7) is 0. The molecule has 3 rings (SSSR count). The Hall–Kier alpha value is -1.50. The summed E-state index contributed by atoms with van der Waals surface area (Å²) in [4.78, 5) is 19.5. The molecule has 2 aliphatic rings. The Morgan fingerprint density at radius 3 is 2.53 bits per heavy atom. The van der Waals surface area contributed by atoms with Crippen LogP contribution < -0.4 is 0 Å². The average molecular weight is 282 g/mol. The first-order chi connectivity index (χ1) is 8.96. The summed E-state index contributed by atoms with van der Waals surface area (Å²) < 4.78 is 22.9. The van der Waals surface area contributed by atoms with E-state index in [2.05, 4.69) is 9.97 Å². The molecule has 0 radical (unpaired) electrons. The SMILES string of the molecule is O=C(O)c1cnc(C2CCS(=O)(=O)C2)nc1C1CC1. The summed E-state index contributed by atoms with van der Waals surface area (Å²) in [7, 11) is -2.98. The van der Waals surface area contributed by atoms with Crippen molar-refractivity contribution in [2.75, 3.05) is 11.5 Å². The zero-order valence-corrected chi connectivity index (χ0v) is 11.1. The fourth-order valence-electron chi connectivity index (χ4n) is 2.44. The van der Waals surface area contributed by atoms with E-state index >= 15 is 0 Å². The van der Waals surface area contributed by atoms with Crippen LogP contribution in [0, 0.1) is 0 Å². The lowest BCUT2D eigenvalue weighted by molar-refractivity contribution is 0.0694. The highest BCUT2D eigenvalue weighted by Crippen LogP contribution is 2.41. The van der Waals surface area contributed by atoms with Crippen LogP contribution in [0.5, 0.6) is 0 Å². The Morgan fingerprint density at radius 2 is 2.00 bits per heavy atom. The summed E-state index contributed by atoms with van der Waals surface area (Å²) in [5.41, 5.74) is 0.717. The van der Waals surface area contributed by atoms with Gasteiger partial charge < -0.3 is 5.11 Å². The van der Waals surface area contributed by atoms with Crippen molar-refractivity contribution >= 4 is 15.8 Å². The molecule has 1 atom stereocenters. The maximum atomic E-state index is 11.5. The lowest BCUT2D eigenvalue weighted by Gasteiger charge is -2.10. The van der Waals surface area contributed by atoms with Crippen molar-refractivity contribution < 1.29 is 18.3 Å². The smallest absolute Gasteiger partial charge is 0.339 e. The molecule has 0 aromatic carbocycles. The fourth-order valence-corrected chi connectivity index (χ4v) is 4.18. The van der Waals surface area contributed by atoms with E-state index in [4.69, 9.17) is 5.11 Å². The van der Waals surface area contributed by atoms with Crippen molar-refractivity contribution in [3.63, 3.8) is 0 Å². The van der Waals surface area contributed by atoms with Crippen LogP contribution >= 0.6 is 0 Å². The molecule has 1 saturated carbocycles. The van der Waals surface area contributed by atoms with Crippen molar-refractivity contribution in [3.8, 4) is 0 Å². The topological polar surface area (TPSA) is 97.2 Å². The zero-order chi connectivity index (χ0) is 13.6. The van der Waals surface area contributed by atoms with Gasteiger partial charge in [-0.3, -0.25) is 0 Å². The number of hydrogen-bond acceptors (Lipinski definition) is 5. The van der Waals surface area contributed by atoms with E-state index in [1.54, 1.807) is 0 Å². The number of aromatic carboxylic acids is 1. The van der Waals surface area contributed by atoms with Gasteiger partial charge in [0.1, 0.15) is 5.82 Å². The molecule has 1 aromatic heterocycles.